The standard InChI is InChI=1S/C23H22N2O2S/c1-3-5-8-16(4-2)13-14-24-22(26)17-11-12-21-19(15-17)25-23(27)18-9-6-7-10-20(18)28-21/h3-12,15H,1,13-14H2,2H3,(H,24,26)(H,25,27)/b8-5-,16-4+. The molecule has 2 N–H and O–H groups in total. The Bertz CT molecular complexity index is 976. The summed E-state index contributed by atoms with van der Waals surface area (Å²) in [5.41, 5.74) is 2.95. The van der Waals surface area contributed by atoms with Crippen molar-refractivity contribution in [2.45, 2.75) is 23.1 Å². The number of anilines is 1. The maximum Gasteiger partial charge on any atom is 0.256 e. The Balaban J connectivity index is 1.69. The lowest BCUT2D eigenvalue weighted by Crippen LogP contribution is -2.24. The molecule has 2 aromatic rings. The highest BCUT2D eigenvalue weighted by Gasteiger charge is 2.20. The molecule has 5 heteroatoms. The quantitative estimate of drug-likeness (QED) is 0.666. The zero-order valence-corrected chi connectivity index (χ0v) is 16.5. The Labute approximate surface area is 169 Å². The van der Waals surface area contributed by atoms with Crippen LogP contribution in [0.3, 0.4) is 0 Å². The number of nitrogens with one attached hydrogen (secondary N) is 2. The molecular formula is C23H22N2O2S. The second-order valence-electron chi connectivity index (χ2n) is 6.23. The third kappa shape index (κ3) is 4.61. The van der Waals surface area contributed by atoms with Crippen LogP contribution in [-0.2, 0) is 0 Å². The average Bonchev–Trinajstić information content (AvgIpc) is 2.85. The number of carbonyl (C=O) groups excluding carboxylic acids is 2. The molecule has 0 radical (unpaired) electrons. The van der Waals surface area contributed by atoms with Crippen LogP contribution in [0.5, 0.6) is 0 Å². The van der Waals surface area contributed by atoms with Gasteiger partial charge in [0.15, 0.2) is 0 Å². The van der Waals surface area contributed by atoms with Crippen molar-refractivity contribution in [1.82, 2.24) is 5.32 Å². The van der Waals surface area contributed by atoms with Gasteiger partial charge in [-0.25, -0.2) is 0 Å². The summed E-state index contributed by atoms with van der Waals surface area (Å²) in [4.78, 5) is 26.8. The third-order valence-corrected chi connectivity index (χ3v) is 5.51. The Morgan fingerprint density at radius 3 is 2.82 bits per heavy atom. The van der Waals surface area contributed by atoms with Crippen molar-refractivity contribution in [1.29, 1.82) is 0 Å². The molecule has 0 spiro atoms. The van der Waals surface area contributed by atoms with E-state index in [9.17, 15) is 9.59 Å². The lowest BCUT2D eigenvalue weighted by molar-refractivity contribution is 0.0952. The van der Waals surface area contributed by atoms with Crippen LogP contribution in [0.4, 0.5) is 5.69 Å². The number of rotatable bonds is 6. The highest BCUT2D eigenvalue weighted by molar-refractivity contribution is 7.99. The molecule has 1 heterocycles. The fourth-order valence-corrected chi connectivity index (χ4v) is 3.86. The van der Waals surface area contributed by atoms with E-state index in [-0.39, 0.29) is 11.8 Å². The van der Waals surface area contributed by atoms with Crippen LogP contribution in [0, 0.1) is 0 Å². The molecule has 3 rings (SSSR count). The summed E-state index contributed by atoms with van der Waals surface area (Å²) < 4.78 is 0. The second-order valence-corrected chi connectivity index (χ2v) is 7.31. The Morgan fingerprint density at radius 1 is 1.21 bits per heavy atom. The average molecular weight is 391 g/mol. The predicted octanol–water partition coefficient (Wildman–Crippen LogP) is 5.21. The lowest BCUT2D eigenvalue weighted by Gasteiger charge is -2.10. The smallest absolute Gasteiger partial charge is 0.256 e. The van der Waals surface area contributed by atoms with E-state index in [0.717, 1.165) is 21.8 Å². The van der Waals surface area contributed by atoms with E-state index < -0.39 is 0 Å². The Kier molecular flexibility index (Phi) is 6.50. The van der Waals surface area contributed by atoms with Gasteiger partial charge in [0.25, 0.3) is 11.8 Å². The lowest BCUT2D eigenvalue weighted by atomic mass is 10.1. The predicted molar refractivity (Wildman–Crippen MR) is 115 cm³/mol. The van der Waals surface area contributed by atoms with Crippen molar-refractivity contribution in [2.24, 2.45) is 0 Å². The van der Waals surface area contributed by atoms with Crippen molar-refractivity contribution < 1.29 is 9.59 Å². The fraction of sp³-hybridized carbons (Fsp3) is 0.130. The third-order valence-electron chi connectivity index (χ3n) is 4.36. The molecule has 1 aliphatic heterocycles. The zero-order valence-electron chi connectivity index (χ0n) is 15.7. The minimum atomic E-state index is -0.161. The van der Waals surface area contributed by atoms with Crippen LogP contribution in [0.25, 0.3) is 0 Å². The number of allylic oxidation sites excluding steroid dienone is 4. The van der Waals surface area contributed by atoms with Crippen LogP contribution >= 0.6 is 11.8 Å². The Morgan fingerprint density at radius 2 is 2.04 bits per heavy atom. The molecule has 0 atom stereocenters. The molecule has 0 aliphatic carbocycles. The number of benzene rings is 2. The van der Waals surface area contributed by atoms with Gasteiger partial charge < -0.3 is 10.6 Å². The van der Waals surface area contributed by atoms with Crippen molar-refractivity contribution in [3.8, 4) is 0 Å². The van der Waals surface area contributed by atoms with Crippen molar-refractivity contribution in [3.05, 3.63) is 90.0 Å². The SMILES string of the molecule is C=C/C=C\C(=C/C)CCNC(=O)c1ccc2c(c1)NC(=O)c1ccccc1S2. The van der Waals surface area contributed by atoms with Gasteiger partial charge in [-0.1, -0.05) is 60.4 Å². The molecule has 0 unspecified atom stereocenters. The minimum absolute atomic E-state index is 0.160. The van der Waals surface area contributed by atoms with Gasteiger partial charge >= 0.3 is 0 Å². The number of fused-ring (bicyclic) bond motifs is 2. The van der Waals surface area contributed by atoms with E-state index in [1.54, 1.807) is 24.3 Å². The first-order valence-corrected chi connectivity index (χ1v) is 9.89. The van der Waals surface area contributed by atoms with Gasteiger partial charge in [-0.05, 0) is 43.7 Å². The van der Waals surface area contributed by atoms with E-state index >= 15 is 0 Å². The van der Waals surface area contributed by atoms with Gasteiger partial charge in [0.2, 0.25) is 0 Å². The van der Waals surface area contributed by atoms with Crippen LogP contribution in [0.2, 0.25) is 0 Å². The van der Waals surface area contributed by atoms with Crippen molar-refractivity contribution in [3.63, 3.8) is 0 Å². The number of amides is 2. The van der Waals surface area contributed by atoms with Crippen LogP contribution in [-0.4, -0.2) is 18.4 Å². The summed E-state index contributed by atoms with van der Waals surface area (Å²) in [6.45, 7) is 6.16. The van der Waals surface area contributed by atoms with E-state index in [2.05, 4.69) is 17.2 Å². The molecule has 0 fully saturated rings. The topological polar surface area (TPSA) is 58.2 Å². The summed E-state index contributed by atoms with van der Waals surface area (Å²) in [5, 5.41) is 5.85. The summed E-state index contributed by atoms with van der Waals surface area (Å²) in [7, 11) is 0. The first kappa shape index (κ1) is 19.7. The number of carbonyl (C=O) groups is 2. The van der Waals surface area contributed by atoms with Gasteiger partial charge in [0.1, 0.15) is 0 Å². The monoisotopic (exact) mass is 390 g/mol. The molecule has 0 saturated heterocycles. The molecule has 0 aromatic heterocycles. The summed E-state index contributed by atoms with van der Waals surface area (Å²) >= 11 is 1.52. The molecule has 0 bridgehead atoms. The van der Waals surface area contributed by atoms with Gasteiger partial charge in [-0.2, -0.15) is 0 Å². The van der Waals surface area contributed by atoms with Gasteiger partial charge in [0.05, 0.1) is 11.3 Å². The summed E-state index contributed by atoms with van der Waals surface area (Å²) in [6.07, 6.45) is 8.33. The number of hydrogen-bond acceptors (Lipinski definition) is 3. The van der Waals surface area contributed by atoms with Crippen LogP contribution < -0.4 is 10.6 Å². The molecule has 1 aliphatic rings. The van der Waals surface area contributed by atoms with Crippen LogP contribution in [0.15, 0.2) is 88.7 Å². The Hall–Kier alpha value is -3.05. The summed E-state index contributed by atoms with van der Waals surface area (Å²) in [6, 6.07) is 12.9. The maximum absolute atomic E-state index is 12.5. The van der Waals surface area contributed by atoms with E-state index in [1.807, 2.05) is 49.4 Å². The first-order chi connectivity index (χ1) is 13.6. The van der Waals surface area contributed by atoms with Gasteiger partial charge in [0, 0.05) is 21.9 Å². The first-order valence-electron chi connectivity index (χ1n) is 9.07. The molecular weight excluding hydrogens is 368 g/mol. The minimum Gasteiger partial charge on any atom is -0.352 e. The molecule has 2 aromatic carbocycles. The molecule has 2 amide bonds. The van der Waals surface area contributed by atoms with E-state index in [0.29, 0.717) is 23.4 Å². The van der Waals surface area contributed by atoms with E-state index in [4.69, 9.17) is 0 Å². The molecule has 28 heavy (non-hydrogen) atoms. The highest BCUT2D eigenvalue weighted by Crippen LogP contribution is 2.38. The normalized spacial score (nSPS) is 13.3. The van der Waals surface area contributed by atoms with E-state index in [1.165, 1.54) is 11.8 Å². The van der Waals surface area contributed by atoms with Crippen molar-refractivity contribution >= 4 is 29.3 Å². The van der Waals surface area contributed by atoms with Crippen LogP contribution in [0.1, 0.15) is 34.1 Å². The summed E-state index contributed by atoms with van der Waals surface area (Å²) in [5.74, 6) is -0.321. The number of hydrogen-bond donors (Lipinski definition) is 2. The van der Waals surface area contributed by atoms with Gasteiger partial charge in [-0.15, -0.1) is 0 Å². The second kappa shape index (κ2) is 9.24. The fourth-order valence-electron chi connectivity index (χ4n) is 2.85. The van der Waals surface area contributed by atoms with Crippen molar-refractivity contribution in [2.75, 3.05) is 11.9 Å². The van der Waals surface area contributed by atoms with Gasteiger partial charge in [-0.3, -0.25) is 9.59 Å². The molecule has 0 saturated carbocycles. The molecule has 4 nitrogen and oxygen atoms in total. The zero-order chi connectivity index (χ0) is 19.9. The largest absolute Gasteiger partial charge is 0.352 e. The molecule has 142 valence electrons. The maximum atomic E-state index is 12.5. The highest BCUT2D eigenvalue weighted by atomic mass is 32.2.